The second-order valence-electron chi connectivity index (χ2n) is 9.12. The number of nitrogens with zero attached hydrogens (tertiary/aromatic N) is 7. The van der Waals surface area contributed by atoms with Crippen molar-refractivity contribution < 1.29 is 4.74 Å². The minimum absolute atomic E-state index is 0.187. The SMILES string of the molecule is CO[C@@H]1C[C@H]2CN(Cc3ncc4ccccn34)C[C@H]2C[C@H]1n1cc(CN(C)C)nn1. The zero-order chi connectivity index (χ0) is 20.7. The molecular formula is C22H31N7O. The molecule has 4 heterocycles. The van der Waals surface area contributed by atoms with Crippen LogP contribution in [0.2, 0.25) is 0 Å². The van der Waals surface area contributed by atoms with Crippen LogP contribution in [0, 0.1) is 11.8 Å². The maximum Gasteiger partial charge on any atom is 0.127 e. The number of aromatic nitrogens is 5. The van der Waals surface area contributed by atoms with Crippen molar-refractivity contribution in [3.8, 4) is 0 Å². The number of ether oxygens (including phenoxy) is 1. The lowest BCUT2D eigenvalue weighted by atomic mass is 9.77. The highest BCUT2D eigenvalue weighted by Crippen LogP contribution is 2.42. The molecule has 8 nitrogen and oxygen atoms in total. The molecule has 3 aromatic heterocycles. The molecule has 2 aliphatic rings. The van der Waals surface area contributed by atoms with E-state index < -0.39 is 0 Å². The summed E-state index contributed by atoms with van der Waals surface area (Å²) < 4.78 is 10.2. The van der Waals surface area contributed by atoms with Crippen molar-refractivity contribution in [1.82, 2.24) is 34.2 Å². The van der Waals surface area contributed by atoms with Crippen molar-refractivity contribution in [1.29, 1.82) is 0 Å². The molecule has 0 amide bonds. The average molecular weight is 410 g/mol. The van der Waals surface area contributed by atoms with Gasteiger partial charge in [-0.25, -0.2) is 9.67 Å². The van der Waals surface area contributed by atoms with E-state index in [0.717, 1.165) is 56.1 Å². The highest BCUT2D eigenvalue weighted by molar-refractivity contribution is 5.45. The Kier molecular flexibility index (Phi) is 5.30. The minimum atomic E-state index is 0.187. The van der Waals surface area contributed by atoms with Crippen LogP contribution in [-0.2, 0) is 17.8 Å². The fourth-order valence-corrected chi connectivity index (χ4v) is 5.34. The molecule has 3 aromatic rings. The van der Waals surface area contributed by atoms with Gasteiger partial charge in [-0.2, -0.15) is 0 Å². The first-order valence-electron chi connectivity index (χ1n) is 10.8. The van der Waals surface area contributed by atoms with E-state index in [1.165, 1.54) is 0 Å². The molecule has 1 aliphatic carbocycles. The van der Waals surface area contributed by atoms with Gasteiger partial charge in [-0.1, -0.05) is 11.3 Å². The van der Waals surface area contributed by atoms with E-state index in [0.29, 0.717) is 11.8 Å². The summed E-state index contributed by atoms with van der Waals surface area (Å²) in [6.45, 7) is 3.92. The molecular weight excluding hydrogens is 378 g/mol. The Labute approximate surface area is 177 Å². The topological polar surface area (TPSA) is 63.7 Å². The van der Waals surface area contributed by atoms with E-state index in [1.54, 1.807) is 0 Å². The van der Waals surface area contributed by atoms with E-state index >= 15 is 0 Å². The normalized spacial score (nSPS) is 27.2. The van der Waals surface area contributed by atoms with E-state index in [4.69, 9.17) is 4.74 Å². The third-order valence-electron chi connectivity index (χ3n) is 6.72. The predicted octanol–water partition coefficient (Wildman–Crippen LogP) is 2.09. The Morgan fingerprint density at radius 2 is 2.00 bits per heavy atom. The van der Waals surface area contributed by atoms with Crippen LogP contribution >= 0.6 is 0 Å². The highest BCUT2D eigenvalue weighted by Gasteiger charge is 2.43. The Hall–Kier alpha value is -2.29. The van der Waals surface area contributed by atoms with Gasteiger partial charge in [0.1, 0.15) is 5.82 Å². The van der Waals surface area contributed by atoms with E-state index in [2.05, 4.69) is 74.2 Å². The summed E-state index contributed by atoms with van der Waals surface area (Å²) in [7, 11) is 5.94. The number of hydrogen-bond donors (Lipinski definition) is 0. The largest absolute Gasteiger partial charge is 0.379 e. The molecule has 4 atom stereocenters. The molecule has 0 radical (unpaired) electrons. The number of hydrogen-bond acceptors (Lipinski definition) is 6. The number of methoxy groups -OCH3 is 1. The van der Waals surface area contributed by atoms with Crippen LogP contribution in [0.4, 0.5) is 0 Å². The van der Waals surface area contributed by atoms with Crippen molar-refractivity contribution >= 4 is 5.52 Å². The Morgan fingerprint density at radius 1 is 1.17 bits per heavy atom. The zero-order valence-corrected chi connectivity index (χ0v) is 18.1. The fraction of sp³-hybridized carbons (Fsp3) is 0.591. The maximum absolute atomic E-state index is 5.92. The summed E-state index contributed by atoms with van der Waals surface area (Å²) in [6, 6.07) is 6.49. The van der Waals surface area contributed by atoms with Crippen LogP contribution in [0.1, 0.15) is 30.4 Å². The highest BCUT2D eigenvalue weighted by atomic mass is 16.5. The summed E-state index contributed by atoms with van der Waals surface area (Å²) in [4.78, 5) is 9.35. The van der Waals surface area contributed by atoms with Crippen LogP contribution in [0.3, 0.4) is 0 Å². The molecule has 8 heteroatoms. The van der Waals surface area contributed by atoms with Gasteiger partial charge in [0.25, 0.3) is 0 Å². The van der Waals surface area contributed by atoms with Crippen molar-refractivity contribution in [3.63, 3.8) is 0 Å². The van der Waals surface area contributed by atoms with Crippen LogP contribution in [0.5, 0.6) is 0 Å². The van der Waals surface area contributed by atoms with Crippen molar-refractivity contribution in [2.45, 2.75) is 38.1 Å². The van der Waals surface area contributed by atoms with Gasteiger partial charge in [-0.15, -0.1) is 5.10 Å². The molecule has 1 saturated heterocycles. The quantitative estimate of drug-likeness (QED) is 0.621. The number of rotatable bonds is 6. The van der Waals surface area contributed by atoms with E-state index in [1.807, 2.05) is 18.0 Å². The number of likely N-dealkylation sites (tertiary alicyclic amines) is 1. The molecule has 2 fully saturated rings. The second kappa shape index (κ2) is 8.09. The molecule has 1 saturated carbocycles. The summed E-state index contributed by atoms with van der Waals surface area (Å²) >= 11 is 0. The average Bonchev–Trinajstić information content (AvgIpc) is 3.45. The standard InChI is InChI=1S/C22H31N7O/c1-26(2)13-18-14-29(25-24-18)20-8-16-11-27(12-17(16)9-21(20)30-3)15-22-23-10-19-6-4-5-7-28(19)22/h4-7,10,14,16-17,20-21H,8-9,11-13,15H2,1-3H3/t16-,17+,20-,21-/m1/s1. The fourth-order valence-electron chi connectivity index (χ4n) is 5.34. The lowest BCUT2D eigenvalue weighted by Gasteiger charge is -2.37. The van der Waals surface area contributed by atoms with Crippen LogP contribution in [0.25, 0.3) is 5.52 Å². The van der Waals surface area contributed by atoms with Gasteiger partial charge >= 0.3 is 0 Å². The molecule has 0 spiro atoms. The van der Waals surface area contributed by atoms with Crippen LogP contribution in [0.15, 0.2) is 36.8 Å². The summed E-state index contributed by atoms with van der Waals surface area (Å²) in [5.74, 6) is 2.45. The van der Waals surface area contributed by atoms with Gasteiger partial charge in [-0.05, 0) is 50.9 Å². The van der Waals surface area contributed by atoms with Gasteiger partial charge in [0.15, 0.2) is 0 Å². The van der Waals surface area contributed by atoms with Gasteiger partial charge in [-0.3, -0.25) is 4.90 Å². The lowest BCUT2D eigenvalue weighted by molar-refractivity contribution is -0.00547. The molecule has 5 rings (SSSR count). The Morgan fingerprint density at radius 3 is 2.80 bits per heavy atom. The van der Waals surface area contributed by atoms with Gasteiger partial charge in [0.05, 0.1) is 42.3 Å². The molecule has 0 aromatic carbocycles. The van der Waals surface area contributed by atoms with Gasteiger partial charge in [0, 0.05) is 32.9 Å². The third-order valence-corrected chi connectivity index (χ3v) is 6.72. The van der Waals surface area contributed by atoms with E-state index in [9.17, 15) is 0 Å². The monoisotopic (exact) mass is 409 g/mol. The van der Waals surface area contributed by atoms with Gasteiger partial charge < -0.3 is 14.0 Å². The van der Waals surface area contributed by atoms with Crippen molar-refractivity contribution in [2.75, 3.05) is 34.3 Å². The summed E-state index contributed by atoms with van der Waals surface area (Å²) in [6.07, 6.45) is 8.52. The summed E-state index contributed by atoms with van der Waals surface area (Å²) in [5.41, 5.74) is 2.17. The van der Waals surface area contributed by atoms with Crippen molar-refractivity contribution in [3.05, 3.63) is 48.3 Å². The van der Waals surface area contributed by atoms with Crippen molar-refractivity contribution in [2.24, 2.45) is 11.8 Å². The molecule has 1 aliphatic heterocycles. The number of fused-ring (bicyclic) bond motifs is 2. The van der Waals surface area contributed by atoms with Crippen LogP contribution in [-0.4, -0.2) is 74.6 Å². The predicted molar refractivity (Wildman–Crippen MR) is 114 cm³/mol. The molecule has 0 unspecified atom stereocenters. The molecule has 160 valence electrons. The minimum Gasteiger partial charge on any atom is -0.379 e. The first-order chi connectivity index (χ1) is 14.6. The maximum atomic E-state index is 5.92. The smallest absolute Gasteiger partial charge is 0.127 e. The second-order valence-corrected chi connectivity index (χ2v) is 9.12. The first-order valence-corrected chi connectivity index (χ1v) is 10.8. The molecule has 0 bridgehead atoms. The molecule has 0 N–H and O–H groups in total. The first kappa shape index (κ1) is 19.7. The lowest BCUT2D eigenvalue weighted by Crippen LogP contribution is -2.37. The van der Waals surface area contributed by atoms with Crippen LogP contribution < -0.4 is 0 Å². The van der Waals surface area contributed by atoms with E-state index in [-0.39, 0.29) is 12.1 Å². The number of pyridine rings is 1. The third kappa shape index (κ3) is 3.75. The Bertz CT molecular complexity index is 996. The Balaban J connectivity index is 1.29. The zero-order valence-electron chi connectivity index (χ0n) is 18.1. The summed E-state index contributed by atoms with van der Waals surface area (Å²) in [5, 5.41) is 8.83. The number of imidazole rings is 1. The van der Waals surface area contributed by atoms with Gasteiger partial charge in [0.2, 0.25) is 0 Å². The molecule has 30 heavy (non-hydrogen) atoms.